The van der Waals surface area contributed by atoms with E-state index in [9.17, 15) is 0 Å². The second kappa shape index (κ2) is 4.67. The van der Waals surface area contributed by atoms with Gasteiger partial charge in [0.25, 0.3) is 0 Å². The number of nitrogens with two attached hydrogens (primary N) is 1. The lowest BCUT2D eigenvalue weighted by molar-refractivity contribution is 0.333. The lowest BCUT2D eigenvalue weighted by Crippen LogP contribution is -2.29. The quantitative estimate of drug-likeness (QED) is 0.810. The Morgan fingerprint density at radius 1 is 0.889 bits per heavy atom. The lowest BCUT2D eigenvalue weighted by Gasteiger charge is -2.25. The van der Waals surface area contributed by atoms with Crippen LogP contribution in [0.3, 0.4) is 0 Å². The van der Waals surface area contributed by atoms with E-state index in [0.717, 1.165) is 12.1 Å². The fourth-order valence-corrected chi connectivity index (χ4v) is 2.46. The summed E-state index contributed by atoms with van der Waals surface area (Å²) in [6.45, 7) is 0. The molecule has 0 radical (unpaired) electrons. The molecule has 2 nitrogen and oxygen atoms in total. The molecular formula is C16H16N2. The van der Waals surface area contributed by atoms with Gasteiger partial charge in [0.2, 0.25) is 0 Å². The summed E-state index contributed by atoms with van der Waals surface area (Å²) in [5.74, 6) is 6.25. The van der Waals surface area contributed by atoms with Crippen LogP contribution in [0.5, 0.6) is 0 Å². The number of hydrogen-bond donors (Lipinski definition) is 1. The van der Waals surface area contributed by atoms with Crippen molar-refractivity contribution >= 4 is 5.70 Å². The highest BCUT2D eigenvalue weighted by atomic mass is 15.4. The van der Waals surface area contributed by atoms with Crippen LogP contribution in [-0.2, 0) is 0 Å². The molecule has 2 N–H and O–H groups in total. The second-order valence-corrected chi connectivity index (χ2v) is 4.52. The van der Waals surface area contributed by atoms with Crippen molar-refractivity contribution in [1.82, 2.24) is 5.01 Å². The van der Waals surface area contributed by atoms with Crippen LogP contribution in [0.4, 0.5) is 0 Å². The van der Waals surface area contributed by atoms with Crippen LogP contribution < -0.4 is 5.84 Å². The van der Waals surface area contributed by atoms with E-state index in [1.54, 1.807) is 0 Å². The largest absolute Gasteiger partial charge is 0.303 e. The second-order valence-electron chi connectivity index (χ2n) is 4.52. The molecule has 0 saturated heterocycles. The highest BCUT2D eigenvalue weighted by Crippen LogP contribution is 2.35. The number of nitrogens with zero attached hydrogens (tertiary/aromatic N) is 1. The molecule has 0 aliphatic carbocycles. The minimum absolute atomic E-state index is 0.251. The average Bonchev–Trinajstić information content (AvgIpc) is 2.83. The molecule has 1 aliphatic rings. The van der Waals surface area contributed by atoms with Gasteiger partial charge in [-0.1, -0.05) is 66.7 Å². The Morgan fingerprint density at radius 3 is 2.17 bits per heavy atom. The van der Waals surface area contributed by atoms with Gasteiger partial charge in [-0.25, -0.2) is 5.84 Å². The van der Waals surface area contributed by atoms with Gasteiger partial charge in [0.05, 0.1) is 11.7 Å². The third-order valence-corrected chi connectivity index (χ3v) is 3.40. The zero-order valence-corrected chi connectivity index (χ0v) is 10.2. The summed E-state index contributed by atoms with van der Waals surface area (Å²) in [4.78, 5) is 0. The van der Waals surface area contributed by atoms with Crippen LogP contribution in [0, 0.1) is 0 Å². The zero-order valence-electron chi connectivity index (χ0n) is 10.2. The summed E-state index contributed by atoms with van der Waals surface area (Å²) in [6, 6.07) is 21.0. The predicted octanol–water partition coefficient (Wildman–Crippen LogP) is 3.35. The van der Waals surface area contributed by atoms with Crippen molar-refractivity contribution in [3.63, 3.8) is 0 Å². The third-order valence-electron chi connectivity index (χ3n) is 3.40. The van der Waals surface area contributed by atoms with Crippen molar-refractivity contribution in [2.24, 2.45) is 5.84 Å². The molecule has 1 aliphatic heterocycles. The fourth-order valence-electron chi connectivity index (χ4n) is 2.46. The van der Waals surface area contributed by atoms with Crippen LogP contribution in [-0.4, -0.2) is 5.01 Å². The molecule has 1 unspecified atom stereocenters. The van der Waals surface area contributed by atoms with Crippen molar-refractivity contribution in [2.75, 3.05) is 0 Å². The normalized spacial score (nSPS) is 18.8. The van der Waals surface area contributed by atoms with Gasteiger partial charge in [-0.3, -0.25) is 0 Å². The van der Waals surface area contributed by atoms with E-state index >= 15 is 0 Å². The molecule has 0 aromatic heterocycles. The van der Waals surface area contributed by atoms with Crippen molar-refractivity contribution < 1.29 is 0 Å². The van der Waals surface area contributed by atoms with E-state index in [1.807, 2.05) is 29.3 Å². The average molecular weight is 236 g/mol. The van der Waals surface area contributed by atoms with Crippen LogP contribution in [0.2, 0.25) is 0 Å². The predicted molar refractivity (Wildman–Crippen MR) is 74.2 cm³/mol. The summed E-state index contributed by atoms with van der Waals surface area (Å²) >= 11 is 0. The maximum Gasteiger partial charge on any atom is 0.0737 e. The number of benzene rings is 2. The molecule has 2 aromatic carbocycles. The Hall–Kier alpha value is -2.06. The molecule has 90 valence electrons. The van der Waals surface area contributed by atoms with Crippen LogP contribution in [0.15, 0.2) is 66.7 Å². The van der Waals surface area contributed by atoms with Gasteiger partial charge < -0.3 is 5.01 Å². The number of hydrazine groups is 1. The van der Waals surface area contributed by atoms with Gasteiger partial charge >= 0.3 is 0 Å². The lowest BCUT2D eigenvalue weighted by atomic mass is 10.1. The van der Waals surface area contributed by atoms with E-state index in [1.165, 1.54) is 11.1 Å². The maximum absolute atomic E-state index is 6.25. The van der Waals surface area contributed by atoms with Gasteiger partial charge in [-0.05, 0) is 17.5 Å². The first kappa shape index (κ1) is 11.1. The van der Waals surface area contributed by atoms with Crippen molar-refractivity contribution in [2.45, 2.75) is 12.5 Å². The standard InChI is InChI=1S/C16H16N2/c17-18-15(13-7-3-1-4-8-13)11-12-16(18)14-9-5-2-6-10-14/h1-11,16H,12,17H2. The summed E-state index contributed by atoms with van der Waals surface area (Å²) in [5.41, 5.74) is 3.56. The molecule has 2 aromatic rings. The van der Waals surface area contributed by atoms with Crippen molar-refractivity contribution in [1.29, 1.82) is 0 Å². The number of rotatable bonds is 2. The fraction of sp³-hybridized carbons (Fsp3) is 0.125. The van der Waals surface area contributed by atoms with Gasteiger partial charge in [0.15, 0.2) is 0 Å². The zero-order chi connectivity index (χ0) is 12.4. The molecule has 1 heterocycles. The molecule has 0 fully saturated rings. The minimum atomic E-state index is 0.251. The van der Waals surface area contributed by atoms with E-state index in [4.69, 9.17) is 5.84 Å². The Morgan fingerprint density at radius 2 is 1.50 bits per heavy atom. The molecule has 0 spiro atoms. The Balaban J connectivity index is 1.87. The highest BCUT2D eigenvalue weighted by Gasteiger charge is 2.25. The maximum atomic E-state index is 6.25. The SMILES string of the molecule is NN1C(c2ccccc2)=CCC1c1ccccc1. The summed E-state index contributed by atoms with van der Waals surface area (Å²) in [5, 5.41) is 1.88. The first-order valence-electron chi connectivity index (χ1n) is 6.21. The summed E-state index contributed by atoms with van der Waals surface area (Å²) < 4.78 is 0. The third kappa shape index (κ3) is 1.91. The molecule has 0 bridgehead atoms. The Kier molecular flexibility index (Phi) is 2.87. The summed E-state index contributed by atoms with van der Waals surface area (Å²) in [6.07, 6.45) is 3.18. The van der Waals surface area contributed by atoms with Crippen molar-refractivity contribution in [3.05, 3.63) is 77.9 Å². The highest BCUT2D eigenvalue weighted by molar-refractivity contribution is 5.66. The Bertz CT molecular complexity index is 546. The van der Waals surface area contributed by atoms with Gasteiger partial charge in [-0.2, -0.15) is 0 Å². The van der Waals surface area contributed by atoms with Crippen molar-refractivity contribution in [3.8, 4) is 0 Å². The molecule has 3 rings (SSSR count). The van der Waals surface area contributed by atoms with Gasteiger partial charge in [0.1, 0.15) is 0 Å². The van der Waals surface area contributed by atoms with Gasteiger partial charge in [0, 0.05) is 0 Å². The molecular weight excluding hydrogens is 220 g/mol. The van der Waals surface area contributed by atoms with Crippen LogP contribution in [0.25, 0.3) is 5.70 Å². The molecule has 0 saturated carbocycles. The smallest absolute Gasteiger partial charge is 0.0737 e. The van der Waals surface area contributed by atoms with Crippen LogP contribution >= 0.6 is 0 Å². The molecule has 2 heteroatoms. The number of hydrogen-bond acceptors (Lipinski definition) is 2. The molecule has 18 heavy (non-hydrogen) atoms. The first-order valence-corrected chi connectivity index (χ1v) is 6.21. The molecule has 1 atom stereocenters. The monoisotopic (exact) mass is 236 g/mol. The van der Waals surface area contributed by atoms with Crippen LogP contribution in [0.1, 0.15) is 23.6 Å². The topological polar surface area (TPSA) is 29.3 Å². The van der Waals surface area contributed by atoms with E-state index < -0.39 is 0 Å². The summed E-state index contributed by atoms with van der Waals surface area (Å²) in [7, 11) is 0. The van der Waals surface area contributed by atoms with E-state index in [-0.39, 0.29) is 6.04 Å². The van der Waals surface area contributed by atoms with Gasteiger partial charge in [-0.15, -0.1) is 0 Å². The van der Waals surface area contributed by atoms with E-state index in [2.05, 4.69) is 42.5 Å². The first-order chi connectivity index (χ1) is 8.86. The minimum Gasteiger partial charge on any atom is -0.303 e. The molecule has 0 amide bonds. The van der Waals surface area contributed by atoms with E-state index in [0.29, 0.717) is 0 Å². The Labute approximate surface area is 107 Å².